The first-order chi connectivity index (χ1) is 18.4. The Hall–Kier alpha value is -2.68. The second kappa shape index (κ2) is 10.1. The predicted molar refractivity (Wildman–Crippen MR) is 150 cm³/mol. The Morgan fingerprint density at radius 3 is 2.53 bits per heavy atom. The average molecular weight is 551 g/mol. The number of nitrogens with zero attached hydrogens (tertiary/aromatic N) is 2. The molecule has 0 spiro atoms. The first kappa shape index (κ1) is 25.6. The number of likely N-dealkylation sites (tertiary alicyclic amines) is 1. The first-order valence-electron chi connectivity index (χ1n) is 13.6. The highest BCUT2D eigenvalue weighted by molar-refractivity contribution is 7.92. The van der Waals surface area contributed by atoms with Gasteiger partial charge in [-0.15, -0.1) is 11.3 Å². The number of sulfonamides is 1. The van der Waals surface area contributed by atoms with Crippen LogP contribution >= 0.6 is 11.3 Å². The molecule has 1 fully saturated rings. The largest absolute Gasteiger partial charge is 0.465 e. The van der Waals surface area contributed by atoms with Gasteiger partial charge < -0.3 is 4.74 Å². The van der Waals surface area contributed by atoms with Crippen molar-refractivity contribution < 1.29 is 17.9 Å². The monoisotopic (exact) mass is 550 g/mol. The van der Waals surface area contributed by atoms with Crippen LogP contribution in [0.3, 0.4) is 0 Å². The summed E-state index contributed by atoms with van der Waals surface area (Å²) < 4.78 is 35.5. The van der Waals surface area contributed by atoms with Crippen LogP contribution in [0.1, 0.15) is 58.7 Å². The quantitative estimate of drug-likeness (QED) is 0.372. The summed E-state index contributed by atoms with van der Waals surface area (Å²) in [5, 5.41) is 0. The number of hydrogen-bond donors (Lipinski definition) is 0. The highest BCUT2D eigenvalue weighted by Gasteiger charge is 2.52. The van der Waals surface area contributed by atoms with Gasteiger partial charge in [0.2, 0.25) is 0 Å². The molecule has 0 radical (unpaired) electrons. The van der Waals surface area contributed by atoms with Crippen LogP contribution in [-0.4, -0.2) is 38.5 Å². The van der Waals surface area contributed by atoms with E-state index in [-0.39, 0.29) is 17.9 Å². The molecule has 2 aromatic carbocycles. The van der Waals surface area contributed by atoms with E-state index in [1.54, 1.807) is 27.8 Å². The Labute approximate surface area is 229 Å². The zero-order valence-corrected chi connectivity index (χ0v) is 23.6. The summed E-state index contributed by atoms with van der Waals surface area (Å²) in [6.45, 7) is 5.13. The van der Waals surface area contributed by atoms with Crippen LogP contribution in [0.15, 0.2) is 59.5 Å². The van der Waals surface area contributed by atoms with Crippen molar-refractivity contribution in [3.05, 3.63) is 81.0 Å². The zero-order valence-electron chi connectivity index (χ0n) is 21.9. The lowest BCUT2D eigenvalue weighted by atomic mass is 9.90. The lowest BCUT2D eigenvalue weighted by Gasteiger charge is -2.39. The molecule has 0 bridgehead atoms. The summed E-state index contributed by atoms with van der Waals surface area (Å²) in [7, 11) is -3.75. The van der Waals surface area contributed by atoms with E-state index in [1.807, 2.05) is 44.2 Å². The lowest BCUT2D eigenvalue weighted by molar-refractivity contribution is -0.149. The van der Waals surface area contributed by atoms with Gasteiger partial charge in [-0.1, -0.05) is 48.0 Å². The van der Waals surface area contributed by atoms with Crippen molar-refractivity contribution in [3.8, 4) is 0 Å². The first-order valence-corrected chi connectivity index (χ1v) is 15.8. The molecule has 1 saturated heterocycles. The number of esters is 1. The summed E-state index contributed by atoms with van der Waals surface area (Å²) in [5.74, 6) is -0.213. The summed E-state index contributed by atoms with van der Waals surface area (Å²) in [6.07, 6.45) is 4.67. The second-order valence-electron chi connectivity index (χ2n) is 10.6. The minimum Gasteiger partial charge on any atom is -0.465 e. The predicted octanol–water partition coefficient (Wildman–Crippen LogP) is 5.64. The van der Waals surface area contributed by atoms with E-state index in [9.17, 15) is 13.2 Å². The van der Waals surface area contributed by atoms with E-state index in [2.05, 4.69) is 17.0 Å². The van der Waals surface area contributed by atoms with Crippen molar-refractivity contribution in [2.45, 2.75) is 69.5 Å². The minimum absolute atomic E-state index is 0.000875. The molecule has 3 aliphatic rings. The third-order valence-electron chi connectivity index (χ3n) is 8.19. The zero-order chi connectivity index (χ0) is 26.4. The molecule has 0 saturated carbocycles. The number of aryl methyl sites for hydroxylation is 2. The average Bonchev–Trinajstić information content (AvgIpc) is 3.48. The number of carbonyl (C=O) groups excluding carboxylic acids is 1. The van der Waals surface area contributed by atoms with E-state index >= 15 is 0 Å². The SMILES string of the molecule is CCOC(=O)[C@H]1C[C@@H]2CN(S(=O)(=O)c3ccc(C)cc3)c3c(sc4c3CCCC4)[C@@H]2N1Cc1ccccc1. The maximum absolute atomic E-state index is 14.1. The van der Waals surface area contributed by atoms with Crippen molar-refractivity contribution in [1.82, 2.24) is 4.90 Å². The Morgan fingerprint density at radius 1 is 1.05 bits per heavy atom. The summed E-state index contributed by atoms with van der Waals surface area (Å²) in [6, 6.07) is 17.0. The van der Waals surface area contributed by atoms with E-state index in [0.29, 0.717) is 31.0 Å². The number of fused-ring (bicyclic) bond motifs is 5. The van der Waals surface area contributed by atoms with Gasteiger partial charge in [0.15, 0.2) is 0 Å². The van der Waals surface area contributed by atoms with Crippen LogP contribution in [0.5, 0.6) is 0 Å². The Kier molecular flexibility index (Phi) is 6.82. The van der Waals surface area contributed by atoms with Crippen molar-refractivity contribution >= 4 is 33.0 Å². The van der Waals surface area contributed by atoms with Gasteiger partial charge in [-0.25, -0.2) is 8.42 Å². The molecule has 0 unspecified atom stereocenters. The summed E-state index contributed by atoms with van der Waals surface area (Å²) in [4.78, 5) is 18.3. The van der Waals surface area contributed by atoms with Crippen molar-refractivity contribution in [1.29, 1.82) is 0 Å². The van der Waals surface area contributed by atoms with E-state index < -0.39 is 16.1 Å². The molecule has 3 atom stereocenters. The standard InChI is InChI=1S/C30H34N2O4S2/c1-3-36-30(33)25-17-22-19-32(38(34,35)23-15-13-20(2)14-16-23)28-24-11-7-8-12-26(24)37-29(28)27(22)31(25)18-21-9-5-4-6-10-21/h4-6,9-10,13-16,22,25,27H,3,7-8,11-12,17-19H2,1-2H3/t22-,25-,27-/m1/s1. The number of hydrogen-bond acceptors (Lipinski definition) is 6. The van der Waals surface area contributed by atoms with Crippen molar-refractivity contribution in [2.24, 2.45) is 5.92 Å². The molecular formula is C30H34N2O4S2. The molecule has 38 heavy (non-hydrogen) atoms. The van der Waals surface area contributed by atoms with Crippen LogP contribution < -0.4 is 4.31 Å². The van der Waals surface area contributed by atoms with E-state index in [0.717, 1.165) is 47.4 Å². The third kappa shape index (κ3) is 4.36. The van der Waals surface area contributed by atoms with Gasteiger partial charge in [-0.3, -0.25) is 14.0 Å². The van der Waals surface area contributed by atoms with Gasteiger partial charge in [-0.05, 0) is 69.2 Å². The highest BCUT2D eigenvalue weighted by atomic mass is 32.2. The second-order valence-corrected chi connectivity index (χ2v) is 13.6. The van der Waals surface area contributed by atoms with Gasteiger partial charge in [0.05, 0.1) is 23.2 Å². The normalized spacial score (nSPS) is 23.0. The molecule has 3 aromatic rings. The molecule has 2 aliphatic heterocycles. The van der Waals surface area contributed by atoms with Crippen LogP contribution in [0.25, 0.3) is 0 Å². The fourth-order valence-electron chi connectivity index (χ4n) is 6.43. The maximum atomic E-state index is 14.1. The van der Waals surface area contributed by atoms with E-state index in [4.69, 9.17) is 4.74 Å². The number of benzene rings is 2. The molecule has 3 heterocycles. The van der Waals surface area contributed by atoms with Crippen LogP contribution in [0.4, 0.5) is 5.69 Å². The molecule has 200 valence electrons. The van der Waals surface area contributed by atoms with Gasteiger partial charge in [0.25, 0.3) is 10.0 Å². The maximum Gasteiger partial charge on any atom is 0.323 e. The summed E-state index contributed by atoms with van der Waals surface area (Å²) >= 11 is 1.77. The summed E-state index contributed by atoms with van der Waals surface area (Å²) in [5.41, 5.74) is 4.25. The van der Waals surface area contributed by atoms with Gasteiger partial charge in [0, 0.05) is 28.8 Å². The molecule has 6 nitrogen and oxygen atoms in total. The highest BCUT2D eigenvalue weighted by Crippen LogP contribution is 2.56. The smallest absolute Gasteiger partial charge is 0.323 e. The Morgan fingerprint density at radius 2 is 1.79 bits per heavy atom. The molecule has 0 N–H and O–H groups in total. The number of rotatable bonds is 6. The van der Waals surface area contributed by atoms with Crippen molar-refractivity contribution in [2.75, 3.05) is 17.5 Å². The van der Waals surface area contributed by atoms with Gasteiger partial charge in [0.1, 0.15) is 6.04 Å². The number of anilines is 1. The number of ether oxygens (including phenoxy) is 1. The van der Waals surface area contributed by atoms with Crippen LogP contribution in [-0.2, 0) is 38.9 Å². The molecule has 1 aromatic heterocycles. The molecule has 6 rings (SSSR count). The van der Waals surface area contributed by atoms with Crippen molar-refractivity contribution in [3.63, 3.8) is 0 Å². The fraction of sp³-hybridized carbons (Fsp3) is 0.433. The third-order valence-corrected chi connectivity index (χ3v) is 11.3. The van der Waals surface area contributed by atoms with Gasteiger partial charge >= 0.3 is 5.97 Å². The minimum atomic E-state index is -3.75. The Balaban J connectivity index is 1.48. The van der Waals surface area contributed by atoms with Gasteiger partial charge in [-0.2, -0.15) is 0 Å². The molecular weight excluding hydrogens is 516 g/mol. The molecule has 0 amide bonds. The van der Waals surface area contributed by atoms with Crippen LogP contribution in [0.2, 0.25) is 0 Å². The fourth-order valence-corrected chi connectivity index (χ4v) is 9.67. The molecule has 8 heteroatoms. The molecule has 1 aliphatic carbocycles. The van der Waals surface area contributed by atoms with Crippen LogP contribution in [0, 0.1) is 12.8 Å². The lowest BCUT2D eigenvalue weighted by Crippen LogP contribution is -2.43. The Bertz CT molecular complexity index is 1430. The van der Waals surface area contributed by atoms with E-state index in [1.165, 1.54) is 10.4 Å². The number of carbonyl (C=O) groups is 1. The number of thiophene rings is 1. The topological polar surface area (TPSA) is 66.9 Å².